The molecule has 1 aromatic rings. The molecule has 0 aliphatic rings. The molecule has 0 N–H and O–H groups in total. The van der Waals surface area contributed by atoms with Crippen LogP contribution in [0, 0.1) is 3.57 Å². The maximum absolute atomic E-state index is 5.77. The zero-order chi connectivity index (χ0) is 18.0. The van der Waals surface area contributed by atoms with Crippen LogP contribution in [-0.2, 0) is 0 Å². The van der Waals surface area contributed by atoms with Gasteiger partial charge in [0.25, 0.3) is 0 Å². The molecule has 0 bridgehead atoms. The van der Waals surface area contributed by atoms with Gasteiger partial charge in [-0.15, -0.1) is 0 Å². The van der Waals surface area contributed by atoms with Gasteiger partial charge in [0, 0.05) is 3.57 Å². The Kier molecular flexibility index (Phi) is 15.7. The molecule has 144 valence electrons. The Bertz CT molecular complexity index is 388. The van der Waals surface area contributed by atoms with Gasteiger partial charge in [0.05, 0.1) is 6.61 Å². The van der Waals surface area contributed by atoms with E-state index >= 15 is 0 Å². The van der Waals surface area contributed by atoms with Crippen molar-refractivity contribution in [3.63, 3.8) is 0 Å². The van der Waals surface area contributed by atoms with Gasteiger partial charge in [-0.05, 0) is 53.3 Å². The van der Waals surface area contributed by atoms with Crippen molar-refractivity contribution in [3.05, 3.63) is 27.8 Å². The Labute approximate surface area is 170 Å². The summed E-state index contributed by atoms with van der Waals surface area (Å²) in [5.74, 6) is 1.01. The van der Waals surface area contributed by atoms with E-state index in [0.717, 1.165) is 12.4 Å². The number of rotatable bonds is 17. The van der Waals surface area contributed by atoms with E-state index in [2.05, 4.69) is 53.8 Å². The Balaban J connectivity index is 1.74. The molecule has 1 nitrogen and oxygen atoms in total. The standard InChI is InChI=1S/C23H39IO/c1-2-3-4-5-6-7-8-9-10-11-12-13-14-15-16-21-25-23-19-17-22(24)18-20-23/h17-20H,2-16,21H2,1H3. The molecular formula is C23H39IO. The SMILES string of the molecule is CCCCCCCCCCCCCCCCCOc1ccc(I)cc1. The van der Waals surface area contributed by atoms with Crippen LogP contribution < -0.4 is 4.74 Å². The highest BCUT2D eigenvalue weighted by atomic mass is 127. The van der Waals surface area contributed by atoms with Gasteiger partial charge in [-0.3, -0.25) is 0 Å². The normalized spacial score (nSPS) is 11.0. The molecule has 0 aliphatic heterocycles. The second-order valence-corrected chi connectivity index (χ2v) is 8.50. The van der Waals surface area contributed by atoms with Gasteiger partial charge in [-0.1, -0.05) is 96.8 Å². The number of ether oxygens (including phenoxy) is 1. The monoisotopic (exact) mass is 458 g/mol. The van der Waals surface area contributed by atoms with Gasteiger partial charge in [-0.2, -0.15) is 0 Å². The van der Waals surface area contributed by atoms with Crippen LogP contribution in [-0.4, -0.2) is 6.61 Å². The van der Waals surface area contributed by atoms with Crippen LogP contribution in [0.4, 0.5) is 0 Å². The zero-order valence-corrected chi connectivity index (χ0v) is 18.6. The molecule has 0 heterocycles. The minimum atomic E-state index is 0.860. The van der Waals surface area contributed by atoms with Crippen LogP contribution in [0.3, 0.4) is 0 Å². The summed E-state index contributed by atoms with van der Waals surface area (Å²) in [6, 6.07) is 8.32. The van der Waals surface area contributed by atoms with E-state index in [4.69, 9.17) is 4.74 Å². The fourth-order valence-electron chi connectivity index (χ4n) is 3.19. The molecule has 0 unspecified atom stereocenters. The predicted octanol–water partition coefficient (Wildman–Crippen LogP) is 8.54. The first-order valence-corrected chi connectivity index (χ1v) is 11.8. The van der Waals surface area contributed by atoms with Gasteiger partial charge in [0.15, 0.2) is 0 Å². The highest BCUT2D eigenvalue weighted by Crippen LogP contribution is 2.15. The Morgan fingerprint density at radius 1 is 0.600 bits per heavy atom. The number of halogens is 1. The van der Waals surface area contributed by atoms with Crippen molar-refractivity contribution in [2.45, 2.75) is 103 Å². The summed E-state index contributed by atoms with van der Waals surface area (Å²) in [6.45, 7) is 3.15. The van der Waals surface area contributed by atoms with E-state index < -0.39 is 0 Å². The number of hydrogen-bond donors (Lipinski definition) is 0. The quantitative estimate of drug-likeness (QED) is 0.168. The smallest absolute Gasteiger partial charge is 0.119 e. The van der Waals surface area contributed by atoms with Crippen molar-refractivity contribution in [1.29, 1.82) is 0 Å². The summed E-state index contributed by atoms with van der Waals surface area (Å²) in [6.07, 6.45) is 21.1. The molecular weight excluding hydrogens is 419 g/mol. The lowest BCUT2D eigenvalue weighted by molar-refractivity contribution is 0.304. The van der Waals surface area contributed by atoms with Crippen molar-refractivity contribution >= 4 is 22.6 Å². The molecule has 0 saturated heterocycles. The molecule has 0 aliphatic carbocycles. The van der Waals surface area contributed by atoms with Crippen molar-refractivity contribution in [2.75, 3.05) is 6.61 Å². The van der Waals surface area contributed by atoms with Gasteiger partial charge < -0.3 is 4.74 Å². The molecule has 1 aromatic carbocycles. The first kappa shape index (κ1) is 22.8. The van der Waals surface area contributed by atoms with Gasteiger partial charge in [0.1, 0.15) is 5.75 Å². The largest absolute Gasteiger partial charge is 0.494 e. The molecule has 0 atom stereocenters. The van der Waals surface area contributed by atoms with Crippen molar-refractivity contribution in [2.24, 2.45) is 0 Å². The third-order valence-corrected chi connectivity index (χ3v) is 5.55. The lowest BCUT2D eigenvalue weighted by Crippen LogP contribution is -1.97. The molecule has 0 aromatic heterocycles. The summed E-state index contributed by atoms with van der Waals surface area (Å²) < 4.78 is 7.03. The van der Waals surface area contributed by atoms with Crippen LogP contribution in [0.2, 0.25) is 0 Å². The van der Waals surface area contributed by atoms with Gasteiger partial charge in [-0.25, -0.2) is 0 Å². The van der Waals surface area contributed by atoms with Crippen molar-refractivity contribution < 1.29 is 4.74 Å². The van der Waals surface area contributed by atoms with E-state index in [1.54, 1.807) is 0 Å². The van der Waals surface area contributed by atoms with E-state index in [1.165, 1.54) is 99.9 Å². The topological polar surface area (TPSA) is 9.23 Å². The third kappa shape index (κ3) is 14.6. The Morgan fingerprint density at radius 3 is 1.44 bits per heavy atom. The average Bonchev–Trinajstić information content (AvgIpc) is 2.63. The number of hydrogen-bond acceptors (Lipinski definition) is 1. The van der Waals surface area contributed by atoms with Crippen molar-refractivity contribution in [3.8, 4) is 5.75 Å². The molecule has 2 heteroatoms. The fraction of sp³-hybridized carbons (Fsp3) is 0.739. The second kappa shape index (κ2) is 17.2. The Hall–Kier alpha value is -0.250. The van der Waals surface area contributed by atoms with Gasteiger partial charge in [0.2, 0.25) is 0 Å². The maximum atomic E-state index is 5.77. The minimum Gasteiger partial charge on any atom is -0.494 e. The lowest BCUT2D eigenvalue weighted by atomic mass is 10.0. The van der Waals surface area contributed by atoms with E-state index in [0.29, 0.717) is 0 Å². The molecule has 0 spiro atoms. The highest BCUT2D eigenvalue weighted by molar-refractivity contribution is 14.1. The fourth-order valence-corrected chi connectivity index (χ4v) is 3.55. The van der Waals surface area contributed by atoms with Crippen LogP contribution in [0.5, 0.6) is 5.75 Å². The van der Waals surface area contributed by atoms with Gasteiger partial charge >= 0.3 is 0 Å². The molecule has 1 rings (SSSR count). The third-order valence-electron chi connectivity index (χ3n) is 4.83. The Morgan fingerprint density at radius 2 is 1.00 bits per heavy atom. The number of benzene rings is 1. The van der Waals surface area contributed by atoms with E-state index in [-0.39, 0.29) is 0 Å². The van der Waals surface area contributed by atoms with Crippen LogP contribution >= 0.6 is 22.6 Å². The van der Waals surface area contributed by atoms with Crippen LogP contribution in [0.25, 0.3) is 0 Å². The van der Waals surface area contributed by atoms with Crippen LogP contribution in [0.15, 0.2) is 24.3 Å². The number of unbranched alkanes of at least 4 members (excludes halogenated alkanes) is 14. The lowest BCUT2D eigenvalue weighted by Gasteiger charge is -2.06. The summed E-state index contributed by atoms with van der Waals surface area (Å²) in [5, 5.41) is 0. The second-order valence-electron chi connectivity index (χ2n) is 7.25. The van der Waals surface area contributed by atoms with Crippen LogP contribution in [0.1, 0.15) is 103 Å². The first-order valence-electron chi connectivity index (χ1n) is 10.7. The summed E-state index contributed by atoms with van der Waals surface area (Å²) in [7, 11) is 0. The van der Waals surface area contributed by atoms with Crippen molar-refractivity contribution in [1.82, 2.24) is 0 Å². The summed E-state index contributed by atoms with van der Waals surface area (Å²) >= 11 is 2.32. The molecule has 0 fully saturated rings. The summed E-state index contributed by atoms with van der Waals surface area (Å²) in [5.41, 5.74) is 0. The molecule has 0 saturated carbocycles. The maximum Gasteiger partial charge on any atom is 0.119 e. The zero-order valence-electron chi connectivity index (χ0n) is 16.4. The van der Waals surface area contributed by atoms with E-state index in [9.17, 15) is 0 Å². The minimum absolute atomic E-state index is 0.860. The summed E-state index contributed by atoms with van der Waals surface area (Å²) in [4.78, 5) is 0. The van der Waals surface area contributed by atoms with E-state index in [1.807, 2.05) is 0 Å². The molecule has 25 heavy (non-hydrogen) atoms. The molecule has 0 radical (unpaired) electrons. The highest BCUT2D eigenvalue weighted by Gasteiger charge is 1.96. The predicted molar refractivity (Wildman–Crippen MR) is 120 cm³/mol. The average molecular weight is 458 g/mol. The molecule has 0 amide bonds. The first-order chi connectivity index (χ1) is 12.3.